The molecule has 0 N–H and O–H groups in total. The largest absolute Gasteiger partial charge is 0.497 e. The minimum absolute atomic E-state index is 0.118. The third-order valence-corrected chi connectivity index (χ3v) is 10.3. The summed E-state index contributed by atoms with van der Waals surface area (Å²) in [6.07, 6.45) is 8.29. The van der Waals surface area contributed by atoms with Gasteiger partial charge in [-0.2, -0.15) is 0 Å². The molecule has 6 rings (SSSR count). The molecule has 0 bridgehead atoms. The Bertz CT molecular complexity index is 1270. The van der Waals surface area contributed by atoms with Gasteiger partial charge in [0.25, 0.3) is 11.8 Å². The second-order valence-electron chi connectivity index (χ2n) is 12.9. The molecule has 2 aromatic carbocycles. The number of piperidine rings is 2. The highest BCUT2D eigenvalue weighted by atomic mass is 16.5. The summed E-state index contributed by atoms with van der Waals surface area (Å²) in [6, 6.07) is 13.4. The lowest BCUT2D eigenvalue weighted by Crippen LogP contribution is -2.46. The van der Waals surface area contributed by atoms with E-state index in [-0.39, 0.29) is 48.6 Å². The number of likely N-dealkylation sites (tertiary alicyclic amines) is 2. The van der Waals surface area contributed by atoms with Crippen molar-refractivity contribution >= 4 is 35.0 Å². The summed E-state index contributed by atoms with van der Waals surface area (Å²) in [5, 5.41) is 0. The van der Waals surface area contributed by atoms with Crippen molar-refractivity contribution in [2.24, 2.45) is 11.8 Å². The van der Waals surface area contributed by atoms with Crippen molar-refractivity contribution < 1.29 is 28.7 Å². The van der Waals surface area contributed by atoms with Gasteiger partial charge in [-0.25, -0.2) is 9.80 Å². The predicted molar refractivity (Wildman–Crippen MR) is 170 cm³/mol. The molecule has 0 aliphatic carbocycles. The summed E-state index contributed by atoms with van der Waals surface area (Å²) in [4.78, 5) is 59.1. The number of amides is 4. The SMILES string of the molecule is COc1ccc(N2C(=O)CC(N3CCC(CCCC4CCN(C5CC(=O)N(c6ccc(OC)cc6)C5=O)CC4)CC3)C2=O)cc1. The number of rotatable bonds is 10. The average Bonchev–Trinajstić information content (AvgIpc) is 3.54. The molecule has 4 saturated heterocycles. The Kier molecular flexibility index (Phi) is 9.51. The van der Waals surface area contributed by atoms with Crippen LogP contribution in [0.5, 0.6) is 11.5 Å². The number of methoxy groups -OCH3 is 2. The van der Waals surface area contributed by atoms with E-state index in [1.54, 1.807) is 62.8 Å². The van der Waals surface area contributed by atoms with Crippen molar-refractivity contribution in [2.75, 3.05) is 50.2 Å². The van der Waals surface area contributed by atoms with Crippen LogP contribution in [0.15, 0.2) is 48.5 Å². The van der Waals surface area contributed by atoms with Crippen LogP contribution in [0, 0.1) is 11.8 Å². The minimum atomic E-state index is -0.365. The van der Waals surface area contributed by atoms with E-state index in [0.717, 1.165) is 51.9 Å². The van der Waals surface area contributed by atoms with Gasteiger partial charge >= 0.3 is 0 Å². The van der Waals surface area contributed by atoms with Gasteiger partial charge in [0.15, 0.2) is 0 Å². The quantitative estimate of drug-likeness (QED) is 0.365. The monoisotopic (exact) mass is 616 g/mol. The van der Waals surface area contributed by atoms with E-state index in [4.69, 9.17) is 9.47 Å². The fourth-order valence-corrected chi connectivity index (χ4v) is 7.61. The first-order valence-electron chi connectivity index (χ1n) is 16.4. The normalized spacial score (nSPS) is 24.2. The van der Waals surface area contributed by atoms with Crippen LogP contribution >= 0.6 is 0 Å². The summed E-state index contributed by atoms with van der Waals surface area (Å²) in [7, 11) is 3.18. The van der Waals surface area contributed by atoms with Crippen molar-refractivity contribution in [3.8, 4) is 11.5 Å². The summed E-state index contributed by atoms with van der Waals surface area (Å²) >= 11 is 0. The third kappa shape index (κ3) is 6.63. The van der Waals surface area contributed by atoms with Gasteiger partial charge in [0.05, 0.1) is 50.5 Å². The second kappa shape index (κ2) is 13.7. The summed E-state index contributed by atoms with van der Waals surface area (Å²) in [5.74, 6) is 2.17. The van der Waals surface area contributed by atoms with E-state index < -0.39 is 0 Å². The van der Waals surface area contributed by atoms with Gasteiger partial charge in [0.2, 0.25) is 11.8 Å². The molecular formula is C35H44N4O6. The first-order valence-corrected chi connectivity index (χ1v) is 16.4. The fourth-order valence-electron chi connectivity index (χ4n) is 7.61. The van der Waals surface area contributed by atoms with Crippen LogP contribution in [0.4, 0.5) is 11.4 Å². The van der Waals surface area contributed by atoms with Gasteiger partial charge < -0.3 is 9.47 Å². The number of carbonyl (C=O) groups is 4. The number of benzene rings is 2. The zero-order valence-corrected chi connectivity index (χ0v) is 26.4. The Morgan fingerprint density at radius 1 is 0.578 bits per heavy atom. The average molecular weight is 617 g/mol. The van der Waals surface area contributed by atoms with Gasteiger partial charge in [0.1, 0.15) is 11.5 Å². The predicted octanol–water partition coefficient (Wildman–Crippen LogP) is 4.26. The lowest BCUT2D eigenvalue weighted by Gasteiger charge is -2.36. The fraction of sp³-hybridized carbons (Fsp3) is 0.543. The molecule has 0 saturated carbocycles. The highest BCUT2D eigenvalue weighted by Crippen LogP contribution is 2.34. The highest BCUT2D eigenvalue weighted by Gasteiger charge is 2.44. The Morgan fingerprint density at radius 2 is 0.933 bits per heavy atom. The van der Waals surface area contributed by atoms with Gasteiger partial charge in [0, 0.05) is 0 Å². The first-order chi connectivity index (χ1) is 21.9. The van der Waals surface area contributed by atoms with E-state index in [9.17, 15) is 19.2 Å². The summed E-state index contributed by atoms with van der Waals surface area (Å²) in [5.41, 5.74) is 1.21. The van der Waals surface area contributed by atoms with E-state index >= 15 is 0 Å². The number of anilines is 2. The molecule has 0 spiro atoms. The third-order valence-electron chi connectivity index (χ3n) is 10.3. The van der Waals surface area contributed by atoms with Crippen LogP contribution in [0.3, 0.4) is 0 Å². The first kappa shape index (κ1) is 31.2. The molecule has 240 valence electrons. The van der Waals surface area contributed by atoms with Crippen LogP contribution in [0.1, 0.15) is 57.8 Å². The Labute approximate surface area is 265 Å². The van der Waals surface area contributed by atoms with Crippen LogP contribution in [0.2, 0.25) is 0 Å². The molecule has 10 nitrogen and oxygen atoms in total. The highest BCUT2D eigenvalue weighted by molar-refractivity contribution is 6.23. The van der Waals surface area contributed by atoms with Crippen molar-refractivity contribution in [3.05, 3.63) is 48.5 Å². The molecule has 2 atom stereocenters. The van der Waals surface area contributed by atoms with Gasteiger partial charge in [-0.1, -0.05) is 19.3 Å². The van der Waals surface area contributed by atoms with Crippen molar-refractivity contribution in [1.82, 2.24) is 9.80 Å². The molecule has 2 unspecified atom stereocenters. The van der Waals surface area contributed by atoms with Crippen LogP contribution in [-0.2, 0) is 19.2 Å². The maximum Gasteiger partial charge on any atom is 0.251 e. The smallest absolute Gasteiger partial charge is 0.251 e. The van der Waals surface area contributed by atoms with Crippen LogP contribution < -0.4 is 19.3 Å². The molecular weight excluding hydrogens is 572 g/mol. The van der Waals surface area contributed by atoms with Gasteiger partial charge in [-0.15, -0.1) is 0 Å². The Morgan fingerprint density at radius 3 is 1.27 bits per heavy atom. The van der Waals surface area contributed by atoms with Gasteiger partial charge in [-0.05, 0) is 112 Å². The zero-order valence-electron chi connectivity index (χ0n) is 26.4. The minimum Gasteiger partial charge on any atom is -0.497 e. The van der Waals surface area contributed by atoms with E-state index in [0.29, 0.717) is 34.7 Å². The second-order valence-corrected chi connectivity index (χ2v) is 12.9. The maximum atomic E-state index is 13.2. The maximum absolute atomic E-state index is 13.2. The molecule has 4 aliphatic rings. The molecule has 4 aliphatic heterocycles. The van der Waals surface area contributed by atoms with Crippen molar-refractivity contribution in [3.63, 3.8) is 0 Å². The topological polar surface area (TPSA) is 99.7 Å². The zero-order chi connectivity index (χ0) is 31.5. The van der Waals surface area contributed by atoms with Crippen molar-refractivity contribution in [1.29, 1.82) is 0 Å². The number of hydrogen-bond donors (Lipinski definition) is 0. The number of hydrogen-bond acceptors (Lipinski definition) is 8. The number of nitrogens with zero attached hydrogens (tertiary/aromatic N) is 4. The molecule has 45 heavy (non-hydrogen) atoms. The van der Waals surface area contributed by atoms with Crippen LogP contribution in [0.25, 0.3) is 0 Å². The molecule has 4 heterocycles. The van der Waals surface area contributed by atoms with E-state index in [2.05, 4.69) is 9.80 Å². The number of imide groups is 2. The lowest BCUT2D eigenvalue weighted by atomic mass is 9.86. The standard InChI is InChI=1S/C35H44N4O6/c1-44-28-10-6-26(7-11-28)38-32(40)22-30(34(38)42)36-18-14-24(15-19-36)4-3-5-25-16-20-37(21-17-25)31-23-33(41)39(35(31)43)27-8-12-29(45-2)13-9-27/h6-13,24-25,30-31H,3-5,14-23H2,1-2H3. The van der Waals surface area contributed by atoms with E-state index in [1.165, 1.54) is 29.1 Å². The van der Waals surface area contributed by atoms with E-state index in [1.807, 2.05) is 0 Å². The molecule has 2 aromatic rings. The molecule has 0 radical (unpaired) electrons. The van der Waals surface area contributed by atoms with Crippen molar-refractivity contribution in [2.45, 2.75) is 69.9 Å². The summed E-state index contributed by atoms with van der Waals surface area (Å²) in [6.45, 7) is 3.41. The molecule has 10 heteroatoms. The Hall–Kier alpha value is -3.76. The summed E-state index contributed by atoms with van der Waals surface area (Å²) < 4.78 is 10.4. The van der Waals surface area contributed by atoms with Crippen LogP contribution in [-0.4, -0.2) is 85.9 Å². The molecule has 4 fully saturated rings. The number of carbonyl (C=O) groups excluding carboxylic acids is 4. The molecule has 0 aromatic heterocycles. The lowest BCUT2D eigenvalue weighted by molar-refractivity contribution is -0.124. The molecule has 4 amide bonds. The number of ether oxygens (including phenoxy) is 2. The Balaban J connectivity index is 0.905. The van der Waals surface area contributed by atoms with Gasteiger partial charge in [-0.3, -0.25) is 29.0 Å².